The number of aromatic nitrogens is 1. The number of pyridine rings is 1. The van der Waals surface area contributed by atoms with E-state index in [-0.39, 0.29) is 4.73 Å². The van der Waals surface area contributed by atoms with Gasteiger partial charge in [0.2, 0.25) is 6.20 Å². The first-order valence-electron chi connectivity index (χ1n) is 3.57. The fourth-order valence-electron chi connectivity index (χ4n) is 0.855. The van der Waals surface area contributed by atoms with Gasteiger partial charge in [-0.25, -0.2) is 4.79 Å². The SMILES string of the molecule is NC(=O)Oc1cc(C(F)(F)F)c[n+]([O-])c1. The molecule has 1 amide bonds. The molecule has 0 fully saturated rings. The highest BCUT2D eigenvalue weighted by molar-refractivity contribution is 5.67. The Bertz CT molecular complexity index is 392. The maximum absolute atomic E-state index is 12.2. The molecule has 1 rings (SSSR count). The molecule has 0 spiro atoms. The van der Waals surface area contributed by atoms with Crippen molar-refractivity contribution in [2.24, 2.45) is 5.73 Å². The monoisotopic (exact) mass is 222 g/mol. The van der Waals surface area contributed by atoms with Gasteiger partial charge in [-0.3, -0.25) is 0 Å². The molecule has 0 bridgehead atoms. The van der Waals surface area contributed by atoms with Crippen molar-refractivity contribution in [2.45, 2.75) is 6.18 Å². The van der Waals surface area contributed by atoms with Crippen LogP contribution in [0.4, 0.5) is 18.0 Å². The van der Waals surface area contributed by atoms with Gasteiger partial charge in [0.25, 0.3) is 0 Å². The van der Waals surface area contributed by atoms with Gasteiger partial charge in [-0.15, -0.1) is 0 Å². The highest BCUT2D eigenvalue weighted by atomic mass is 19.4. The normalized spacial score (nSPS) is 11.1. The number of nitrogens with zero attached hydrogens (tertiary/aromatic N) is 1. The summed E-state index contributed by atoms with van der Waals surface area (Å²) in [6.07, 6.45) is -5.02. The third kappa shape index (κ3) is 3.01. The Morgan fingerprint density at radius 2 is 2.07 bits per heavy atom. The van der Waals surface area contributed by atoms with E-state index in [1.807, 2.05) is 0 Å². The molecule has 1 aromatic rings. The summed E-state index contributed by atoms with van der Waals surface area (Å²) in [5, 5.41) is 10.7. The zero-order valence-corrected chi connectivity index (χ0v) is 7.12. The molecular weight excluding hydrogens is 217 g/mol. The van der Waals surface area contributed by atoms with E-state index in [1.165, 1.54) is 0 Å². The predicted molar refractivity (Wildman–Crippen MR) is 40.6 cm³/mol. The highest BCUT2D eigenvalue weighted by Gasteiger charge is 2.34. The fourth-order valence-corrected chi connectivity index (χ4v) is 0.855. The van der Waals surface area contributed by atoms with Crippen LogP contribution in [0.15, 0.2) is 18.5 Å². The minimum Gasteiger partial charge on any atom is -0.619 e. The quantitative estimate of drug-likeness (QED) is 0.563. The molecule has 1 aromatic heterocycles. The summed E-state index contributed by atoms with van der Waals surface area (Å²) in [6, 6.07) is 0.499. The number of hydrogen-bond acceptors (Lipinski definition) is 3. The number of ether oxygens (including phenoxy) is 1. The van der Waals surface area contributed by atoms with E-state index in [4.69, 9.17) is 0 Å². The Kier molecular flexibility index (Phi) is 2.69. The minimum atomic E-state index is -4.69. The van der Waals surface area contributed by atoms with Crippen LogP contribution in [0.5, 0.6) is 5.75 Å². The van der Waals surface area contributed by atoms with Crippen molar-refractivity contribution in [1.82, 2.24) is 0 Å². The van der Waals surface area contributed by atoms with Crippen LogP contribution in [0.3, 0.4) is 0 Å². The number of primary amides is 1. The average Bonchev–Trinajstić information content (AvgIpc) is 1.99. The Labute approximate surface area is 81.5 Å². The number of rotatable bonds is 1. The maximum Gasteiger partial charge on any atom is 0.422 e. The third-order valence-corrected chi connectivity index (χ3v) is 1.36. The zero-order chi connectivity index (χ0) is 11.6. The van der Waals surface area contributed by atoms with Crippen LogP contribution in [0, 0.1) is 5.21 Å². The summed E-state index contributed by atoms with van der Waals surface area (Å²) in [5.74, 6) is -0.563. The van der Waals surface area contributed by atoms with Crippen molar-refractivity contribution in [2.75, 3.05) is 0 Å². The third-order valence-electron chi connectivity index (χ3n) is 1.36. The van der Waals surface area contributed by atoms with Gasteiger partial charge in [-0.2, -0.15) is 17.9 Å². The molecule has 0 aliphatic carbocycles. The second kappa shape index (κ2) is 3.64. The zero-order valence-electron chi connectivity index (χ0n) is 7.12. The van der Waals surface area contributed by atoms with Gasteiger partial charge in [-0.05, 0) is 0 Å². The van der Waals surface area contributed by atoms with E-state index in [0.717, 1.165) is 0 Å². The molecule has 0 aliphatic rings. The Morgan fingerprint density at radius 3 is 2.53 bits per heavy atom. The molecule has 0 radical (unpaired) electrons. The molecule has 8 heteroatoms. The Hall–Kier alpha value is -1.99. The van der Waals surface area contributed by atoms with E-state index in [9.17, 15) is 23.2 Å². The van der Waals surface area contributed by atoms with Gasteiger partial charge in [0, 0.05) is 6.07 Å². The van der Waals surface area contributed by atoms with E-state index in [1.54, 1.807) is 0 Å². The lowest BCUT2D eigenvalue weighted by atomic mass is 10.3. The maximum atomic E-state index is 12.2. The smallest absolute Gasteiger partial charge is 0.422 e. The lowest BCUT2D eigenvalue weighted by molar-refractivity contribution is -0.607. The summed E-state index contributed by atoms with van der Waals surface area (Å²) in [6.45, 7) is 0. The number of halogens is 3. The predicted octanol–water partition coefficient (Wildman–Crippen LogP) is 0.796. The number of carbonyl (C=O) groups is 1. The van der Waals surface area contributed by atoms with Gasteiger partial charge < -0.3 is 15.7 Å². The molecule has 0 aromatic carbocycles. The van der Waals surface area contributed by atoms with Gasteiger partial charge >= 0.3 is 12.3 Å². The largest absolute Gasteiger partial charge is 0.619 e. The molecule has 2 N–H and O–H groups in total. The van der Waals surface area contributed by atoms with Gasteiger partial charge in [0.1, 0.15) is 5.56 Å². The van der Waals surface area contributed by atoms with Crippen molar-refractivity contribution in [1.29, 1.82) is 0 Å². The standard InChI is InChI=1S/C7H5F3N2O3/c8-7(9,10)4-1-5(15-6(11)13)3-12(14)2-4/h1-3H,(H2,11,13). The highest BCUT2D eigenvalue weighted by Crippen LogP contribution is 2.29. The lowest BCUT2D eigenvalue weighted by Gasteiger charge is -2.07. The van der Waals surface area contributed by atoms with Crippen molar-refractivity contribution in [3.63, 3.8) is 0 Å². The number of hydrogen-bond donors (Lipinski definition) is 1. The van der Waals surface area contributed by atoms with Crippen molar-refractivity contribution >= 4 is 6.09 Å². The molecule has 82 valence electrons. The summed E-state index contributed by atoms with van der Waals surface area (Å²) in [4.78, 5) is 10.2. The molecule has 0 atom stereocenters. The summed E-state index contributed by atoms with van der Waals surface area (Å²) >= 11 is 0. The van der Waals surface area contributed by atoms with Gasteiger partial charge in [0.05, 0.1) is 0 Å². The first-order valence-corrected chi connectivity index (χ1v) is 3.57. The van der Waals surface area contributed by atoms with Gasteiger partial charge in [0.15, 0.2) is 11.9 Å². The van der Waals surface area contributed by atoms with Crippen molar-refractivity contribution in [3.05, 3.63) is 29.2 Å². The molecule has 5 nitrogen and oxygen atoms in total. The van der Waals surface area contributed by atoms with E-state index < -0.39 is 23.6 Å². The first-order chi connectivity index (χ1) is 6.79. The van der Waals surface area contributed by atoms with Crippen molar-refractivity contribution < 1.29 is 27.4 Å². The average molecular weight is 222 g/mol. The molecule has 0 aliphatic heterocycles. The number of nitrogens with two attached hydrogens (primary N) is 1. The second-order valence-corrected chi connectivity index (χ2v) is 2.54. The summed E-state index contributed by atoms with van der Waals surface area (Å²) in [5.41, 5.74) is 3.35. The molecule has 0 unspecified atom stereocenters. The van der Waals surface area contributed by atoms with Crippen LogP contribution in [-0.2, 0) is 6.18 Å². The molecular formula is C7H5F3N2O3. The van der Waals surface area contributed by atoms with Crippen LogP contribution in [0.1, 0.15) is 5.56 Å². The Morgan fingerprint density at radius 1 is 1.47 bits per heavy atom. The van der Waals surface area contributed by atoms with Gasteiger partial charge in [-0.1, -0.05) is 0 Å². The topological polar surface area (TPSA) is 79.3 Å². The summed E-state index contributed by atoms with van der Waals surface area (Å²) in [7, 11) is 0. The van der Waals surface area contributed by atoms with Crippen molar-refractivity contribution in [3.8, 4) is 5.75 Å². The number of amides is 1. The minimum absolute atomic E-state index is 0.124. The van der Waals surface area contributed by atoms with E-state index in [2.05, 4.69) is 10.5 Å². The van der Waals surface area contributed by atoms with E-state index >= 15 is 0 Å². The van der Waals surface area contributed by atoms with Crippen LogP contribution < -0.4 is 15.2 Å². The molecule has 0 saturated carbocycles. The first kappa shape index (κ1) is 11.1. The number of carbonyl (C=O) groups excluding carboxylic acids is 1. The lowest BCUT2D eigenvalue weighted by Crippen LogP contribution is -2.28. The van der Waals surface area contributed by atoms with Crippen LogP contribution in [0.2, 0.25) is 0 Å². The fraction of sp³-hybridized carbons (Fsp3) is 0.143. The second-order valence-electron chi connectivity index (χ2n) is 2.54. The van der Waals surface area contributed by atoms with Crippen LogP contribution >= 0.6 is 0 Å². The molecule has 15 heavy (non-hydrogen) atoms. The summed E-state index contributed by atoms with van der Waals surface area (Å²) < 4.78 is 40.5. The Balaban J connectivity index is 3.11. The molecule has 0 saturated heterocycles. The molecule has 1 heterocycles. The van der Waals surface area contributed by atoms with Crippen LogP contribution in [0.25, 0.3) is 0 Å². The van der Waals surface area contributed by atoms with Crippen LogP contribution in [-0.4, -0.2) is 6.09 Å². The number of alkyl halides is 3. The van der Waals surface area contributed by atoms with E-state index in [0.29, 0.717) is 18.5 Å².